The van der Waals surface area contributed by atoms with Crippen LogP contribution in [0.4, 0.5) is 4.79 Å². The third-order valence-corrected chi connectivity index (χ3v) is 3.04. The van der Waals surface area contributed by atoms with Crippen molar-refractivity contribution in [2.75, 3.05) is 13.2 Å². The summed E-state index contributed by atoms with van der Waals surface area (Å²) in [5, 5.41) is 0.693. The number of hydrogen-bond donors (Lipinski definition) is 0. The van der Waals surface area contributed by atoms with E-state index in [-0.39, 0.29) is 6.09 Å². The first-order valence-electron chi connectivity index (χ1n) is 4.13. The van der Waals surface area contributed by atoms with Crippen LogP contribution in [-0.4, -0.2) is 23.6 Å². The molecule has 0 bridgehead atoms. The maximum absolute atomic E-state index is 11.1. The molecule has 1 fully saturated rings. The van der Waals surface area contributed by atoms with Crippen LogP contribution in [0.15, 0.2) is 29.2 Å². The molecular weight excluding hydrogens is 222 g/mol. The maximum Gasteiger partial charge on any atom is 0.420 e. The van der Waals surface area contributed by atoms with E-state index >= 15 is 0 Å². The van der Waals surface area contributed by atoms with Gasteiger partial charge in [-0.3, -0.25) is 0 Å². The van der Waals surface area contributed by atoms with E-state index in [0.29, 0.717) is 18.2 Å². The monoisotopic (exact) mass is 229 g/mol. The second-order valence-electron chi connectivity index (χ2n) is 2.76. The van der Waals surface area contributed by atoms with Crippen LogP contribution >= 0.6 is 23.5 Å². The number of ether oxygens (including phenoxy) is 1. The summed E-state index contributed by atoms with van der Waals surface area (Å²) in [4.78, 5) is 12.1. The van der Waals surface area contributed by atoms with Crippen molar-refractivity contribution >= 4 is 29.6 Å². The van der Waals surface area contributed by atoms with Gasteiger partial charge in [0.15, 0.2) is 0 Å². The molecule has 1 aliphatic heterocycles. The molecule has 0 unspecified atom stereocenters. The molecule has 0 aliphatic carbocycles. The lowest BCUT2D eigenvalue weighted by molar-refractivity contribution is 0.171. The Bertz CT molecular complexity index is 341. The SMILES string of the molecule is O=C1OCCN1Sc1ccc(Cl)cc1. The molecule has 0 atom stereocenters. The first-order chi connectivity index (χ1) is 6.75. The van der Waals surface area contributed by atoms with Gasteiger partial charge in [0.05, 0.1) is 6.54 Å². The van der Waals surface area contributed by atoms with Gasteiger partial charge in [-0.05, 0) is 36.2 Å². The van der Waals surface area contributed by atoms with E-state index in [2.05, 4.69) is 0 Å². The largest absolute Gasteiger partial charge is 0.447 e. The number of halogens is 1. The van der Waals surface area contributed by atoms with Crippen molar-refractivity contribution in [3.63, 3.8) is 0 Å². The summed E-state index contributed by atoms with van der Waals surface area (Å²) in [5.41, 5.74) is 0. The van der Waals surface area contributed by atoms with Crippen molar-refractivity contribution in [3.8, 4) is 0 Å². The lowest BCUT2D eigenvalue weighted by Crippen LogP contribution is -2.14. The third kappa shape index (κ3) is 2.13. The Morgan fingerprint density at radius 1 is 1.36 bits per heavy atom. The summed E-state index contributed by atoms with van der Waals surface area (Å²) in [6, 6.07) is 7.34. The van der Waals surface area contributed by atoms with E-state index in [0.717, 1.165) is 4.90 Å². The smallest absolute Gasteiger partial charge is 0.420 e. The molecule has 74 valence electrons. The molecule has 1 saturated heterocycles. The van der Waals surface area contributed by atoms with Gasteiger partial charge in [-0.1, -0.05) is 11.6 Å². The lowest BCUT2D eigenvalue weighted by Gasteiger charge is -2.10. The van der Waals surface area contributed by atoms with Crippen LogP contribution in [0.5, 0.6) is 0 Å². The van der Waals surface area contributed by atoms with Crippen LogP contribution in [0.25, 0.3) is 0 Å². The predicted octanol–water partition coefficient (Wildman–Crippen LogP) is 2.80. The van der Waals surface area contributed by atoms with E-state index < -0.39 is 0 Å². The van der Waals surface area contributed by atoms with Crippen LogP contribution in [0.1, 0.15) is 0 Å². The van der Waals surface area contributed by atoms with E-state index in [4.69, 9.17) is 16.3 Å². The molecule has 0 saturated carbocycles. The lowest BCUT2D eigenvalue weighted by atomic mass is 10.4. The molecule has 5 heteroatoms. The van der Waals surface area contributed by atoms with Gasteiger partial charge in [0.25, 0.3) is 0 Å². The number of nitrogens with zero attached hydrogens (tertiary/aromatic N) is 1. The van der Waals surface area contributed by atoms with Crippen LogP contribution in [0, 0.1) is 0 Å². The summed E-state index contributed by atoms with van der Waals surface area (Å²) in [6.45, 7) is 1.10. The first-order valence-corrected chi connectivity index (χ1v) is 5.29. The van der Waals surface area contributed by atoms with Gasteiger partial charge in [0.1, 0.15) is 6.61 Å². The van der Waals surface area contributed by atoms with Crippen LogP contribution < -0.4 is 0 Å². The maximum atomic E-state index is 11.1. The number of carbonyl (C=O) groups excluding carboxylic acids is 1. The minimum atomic E-state index is -0.273. The molecule has 2 rings (SSSR count). The van der Waals surface area contributed by atoms with Gasteiger partial charge in [0, 0.05) is 9.92 Å². The van der Waals surface area contributed by atoms with Crippen molar-refractivity contribution < 1.29 is 9.53 Å². The highest BCUT2D eigenvalue weighted by Crippen LogP contribution is 2.26. The second kappa shape index (κ2) is 4.11. The summed E-state index contributed by atoms with van der Waals surface area (Å²) >= 11 is 7.11. The molecule has 1 heterocycles. The van der Waals surface area contributed by atoms with Gasteiger partial charge in [-0.15, -0.1) is 0 Å². The minimum absolute atomic E-state index is 0.273. The zero-order valence-corrected chi connectivity index (χ0v) is 8.85. The normalized spacial score (nSPS) is 15.8. The zero-order chi connectivity index (χ0) is 9.97. The Morgan fingerprint density at radius 3 is 2.64 bits per heavy atom. The van der Waals surface area contributed by atoms with E-state index in [1.807, 2.05) is 12.1 Å². The number of hydrogen-bond acceptors (Lipinski definition) is 3. The quantitative estimate of drug-likeness (QED) is 0.731. The first kappa shape index (κ1) is 9.68. The highest BCUT2D eigenvalue weighted by atomic mass is 35.5. The molecule has 0 aromatic heterocycles. The van der Waals surface area contributed by atoms with E-state index in [9.17, 15) is 4.79 Å². The minimum Gasteiger partial charge on any atom is -0.447 e. The van der Waals surface area contributed by atoms with Crippen LogP contribution in [-0.2, 0) is 4.74 Å². The number of rotatable bonds is 2. The number of cyclic esters (lactones) is 1. The van der Waals surface area contributed by atoms with Gasteiger partial charge in [-0.2, -0.15) is 0 Å². The highest BCUT2D eigenvalue weighted by Gasteiger charge is 2.22. The average Bonchev–Trinajstić information content (AvgIpc) is 2.56. The van der Waals surface area contributed by atoms with E-state index in [1.165, 1.54) is 11.9 Å². The fourth-order valence-corrected chi connectivity index (χ4v) is 2.02. The Hall–Kier alpha value is -0.870. The number of carbonyl (C=O) groups is 1. The van der Waals surface area contributed by atoms with Crippen LogP contribution in [0.2, 0.25) is 5.02 Å². The molecular formula is C9H8ClNO2S. The van der Waals surface area contributed by atoms with Gasteiger partial charge in [0.2, 0.25) is 0 Å². The van der Waals surface area contributed by atoms with Crippen molar-refractivity contribution in [2.24, 2.45) is 0 Å². The van der Waals surface area contributed by atoms with Gasteiger partial charge >= 0.3 is 6.09 Å². The molecule has 1 aromatic carbocycles. The number of benzene rings is 1. The van der Waals surface area contributed by atoms with Crippen molar-refractivity contribution in [1.29, 1.82) is 0 Å². The molecule has 1 aromatic rings. The zero-order valence-electron chi connectivity index (χ0n) is 7.27. The summed E-state index contributed by atoms with van der Waals surface area (Å²) in [5.74, 6) is 0. The predicted molar refractivity (Wildman–Crippen MR) is 55.4 cm³/mol. The summed E-state index contributed by atoms with van der Waals surface area (Å²) in [6.07, 6.45) is -0.273. The average molecular weight is 230 g/mol. The molecule has 14 heavy (non-hydrogen) atoms. The van der Waals surface area contributed by atoms with E-state index in [1.54, 1.807) is 16.4 Å². The third-order valence-electron chi connectivity index (χ3n) is 1.75. The summed E-state index contributed by atoms with van der Waals surface area (Å²) in [7, 11) is 0. The van der Waals surface area contributed by atoms with Crippen LogP contribution in [0.3, 0.4) is 0 Å². The van der Waals surface area contributed by atoms with Crippen molar-refractivity contribution in [3.05, 3.63) is 29.3 Å². The Balaban J connectivity index is 2.03. The fourth-order valence-electron chi connectivity index (χ4n) is 1.08. The Morgan fingerprint density at radius 2 is 2.07 bits per heavy atom. The molecule has 1 aliphatic rings. The van der Waals surface area contributed by atoms with Crippen molar-refractivity contribution in [2.45, 2.75) is 4.90 Å². The Labute approximate surface area is 91.1 Å². The fraction of sp³-hybridized carbons (Fsp3) is 0.222. The molecule has 0 N–H and O–H groups in total. The standard InChI is InChI=1S/C9H8ClNO2S/c10-7-1-3-8(4-2-7)14-11-5-6-13-9(11)12/h1-4H,5-6H2. The van der Waals surface area contributed by atoms with Crippen molar-refractivity contribution in [1.82, 2.24) is 4.31 Å². The molecule has 0 spiro atoms. The second-order valence-corrected chi connectivity index (χ2v) is 4.29. The van der Waals surface area contributed by atoms with Gasteiger partial charge < -0.3 is 4.74 Å². The highest BCUT2D eigenvalue weighted by molar-refractivity contribution is 7.97. The molecule has 0 radical (unpaired) electrons. The Kier molecular flexibility index (Phi) is 2.84. The molecule has 3 nitrogen and oxygen atoms in total. The summed E-state index contributed by atoms with van der Waals surface area (Å²) < 4.78 is 6.39. The van der Waals surface area contributed by atoms with Gasteiger partial charge in [-0.25, -0.2) is 9.10 Å². The molecule has 1 amide bonds. The number of amides is 1. The topological polar surface area (TPSA) is 29.5 Å².